The minimum atomic E-state index is -3.44. The quantitative estimate of drug-likeness (QED) is 0.458. The second kappa shape index (κ2) is 7.95. The summed E-state index contributed by atoms with van der Waals surface area (Å²) in [5.41, 5.74) is 0.932. The maximum Gasteiger partial charge on any atom is 0.364 e. The zero-order valence-electron chi connectivity index (χ0n) is 11.2. The molecule has 19 heavy (non-hydrogen) atoms. The molecule has 0 aliphatic rings. The highest BCUT2D eigenvalue weighted by molar-refractivity contribution is 7.58. The Morgan fingerprint density at radius 3 is 2.26 bits per heavy atom. The Kier molecular flexibility index (Phi) is 6.57. The molecule has 0 saturated carbocycles. The van der Waals surface area contributed by atoms with Crippen LogP contribution in [0.4, 0.5) is 0 Å². The highest BCUT2D eigenvalue weighted by atomic mass is 31.2. The van der Waals surface area contributed by atoms with Crippen molar-refractivity contribution in [3.63, 3.8) is 0 Å². The lowest BCUT2D eigenvalue weighted by atomic mass is 10.2. The van der Waals surface area contributed by atoms with E-state index in [0.717, 1.165) is 11.8 Å². The maximum absolute atomic E-state index is 12.4. The van der Waals surface area contributed by atoms with Gasteiger partial charge in [0.05, 0.1) is 24.8 Å². The van der Waals surface area contributed by atoms with Gasteiger partial charge >= 0.3 is 7.60 Å². The van der Waals surface area contributed by atoms with E-state index in [2.05, 4.69) is 0 Å². The van der Waals surface area contributed by atoms with E-state index in [1.807, 2.05) is 30.3 Å². The summed E-state index contributed by atoms with van der Waals surface area (Å²) < 4.78 is 22.8. The van der Waals surface area contributed by atoms with Crippen LogP contribution in [0.2, 0.25) is 0 Å². The van der Waals surface area contributed by atoms with Gasteiger partial charge in [-0.05, 0) is 25.5 Å². The fraction of sp³-hybridized carbons (Fsp3) is 0.286. The normalized spacial score (nSPS) is 13.1. The summed E-state index contributed by atoms with van der Waals surface area (Å²) in [7, 11) is -3.44. The summed E-state index contributed by atoms with van der Waals surface area (Å²) in [6, 6.07) is 9.50. The molecule has 0 spiro atoms. The third-order valence-electron chi connectivity index (χ3n) is 2.29. The Labute approximate surface area is 113 Å². The number of allylic oxidation sites excluding steroid dienone is 2. The monoisotopic (exact) mass is 282 g/mol. The van der Waals surface area contributed by atoms with Crippen LogP contribution in [0.15, 0.2) is 48.0 Å². The molecule has 0 aliphatic heterocycles. The molecule has 0 saturated heterocycles. The molecule has 4 nitrogen and oxygen atoms in total. The average Bonchev–Trinajstić information content (AvgIpc) is 2.41. The van der Waals surface area contributed by atoms with E-state index >= 15 is 0 Å². The van der Waals surface area contributed by atoms with E-state index in [-0.39, 0.29) is 18.5 Å². The third-order valence-corrected chi connectivity index (χ3v) is 4.39. The van der Waals surface area contributed by atoms with Crippen molar-refractivity contribution in [2.45, 2.75) is 13.8 Å². The maximum atomic E-state index is 12.4. The first-order valence-corrected chi connectivity index (χ1v) is 7.67. The third kappa shape index (κ3) is 4.67. The first-order chi connectivity index (χ1) is 9.16. The zero-order valence-corrected chi connectivity index (χ0v) is 12.0. The van der Waals surface area contributed by atoms with Crippen molar-refractivity contribution in [2.24, 2.45) is 0 Å². The summed E-state index contributed by atoms with van der Waals surface area (Å²) in [5, 5.41) is 9.39. The highest BCUT2D eigenvalue weighted by Crippen LogP contribution is 2.56. The van der Waals surface area contributed by atoms with Crippen LogP contribution < -0.4 is 0 Å². The molecule has 1 aromatic rings. The SMILES string of the molecule is CCOP(=O)(OCC)C(/C=C/c1ccccc1)=C/O. The first kappa shape index (κ1) is 15.7. The fourth-order valence-electron chi connectivity index (χ4n) is 1.48. The predicted molar refractivity (Wildman–Crippen MR) is 77.0 cm³/mol. The molecule has 1 N–H and O–H groups in total. The number of benzene rings is 1. The summed E-state index contributed by atoms with van der Waals surface area (Å²) in [4.78, 5) is 0. The lowest BCUT2D eigenvalue weighted by Gasteiger charge is -2.16. The number of aliphatic hydroxyl groups excluding tert-OH is 1. The molecule has 104 valence electrons. The topological polar surface area (TPSA) is 55.8 Å². The lowest BCUT2D eigenvalue weighted by Crippen LogP contribution is -1.97. The van der Waals surface area contributed by atoms with Gasteiger partial charge in [-0.2, -0.15) is 0 Å². The van der Waals surface area contributed by atoms with Gasteiger partial charge < -0.3 is 14.2 Å². The van der Waals surface area contributed by atoms with Crippen molar-refractivity contribution >= 4 is 13.7 Å². The summed E-state index contributed by atoms with van der Waals surface area (Å²) in [6.45, 7) is 3.94. The molecule has 0 aliphatic carbocycles. The van der Waals surface area contributed by atoms with E-state index in [1.165, 1.54) is 0 Å². The largest absolute Gasteiger partial charge is 0.515 e. The smallest absolute Gasteiger partial charge is 0.364 e. The van der Waals surface area contributed by atoms with Gasteiger partial charge in [-0.25, -0.2) is 0 Å². The molecule has 1 rings (SSSR count). The molecular weight excluding hydrogens is 263 g/mol. The van der Waals surface area contributed by atoms with E-state index in [9.17, 15) is 9.67 Å². The van der Waals surface area contributed by atoms with Crippen LogP contribution in [-0.4, -0.2) is 18.3 Å². The molecule has 0 radical (unpaired) electrons. The van der Waals surface area contributed by atoms with Crippen molar-refractivity contribution in [3.05, 3.63) is 53.5 Å². The Hall–Kier alpha value is -1.35. The molecular formula is C14H19O4P. The van der Waals surface area contributed by atoms with E-state index < -0.39 is 7.60 Å². The average molecular weight is 282 g/mol. The van der Waals surface area contributed by atoms with Gasteiger partial charge in [-0.15, -0.1) is 0 Å². The second-order valence-corrected chi connectivity index (χ2v) is 5.66. The number of rotatable bonds is 7. The number of hydrogen-bond acceptors (Lipinski definition) is 4. The van der Waals surface area contributed by atoms with Gasteiger partial charge in [0, 0.05) is 0 Å². The molecule has 0 atom stereocenters. The Bertz CT molecular complexity index is 469. The summed E-state index contributed by atoms with van der Waals surface area (Å²) in [6.07, 6.45) is 4.06. The Morgan fingerprint density at radius 2 is 1.79 bits per heavy atom. The Morgan fingerprint density at radius 1 is 1.21 bits per heavy atom. The number of aliphatic hydroxyl groups is 1. The minimum absolute atomic E-state index is 0.139. The lowest BCUT2D eigenvalue weighted by molar-refractivity contribution is 0.226. The van der Waals surface area contributed by atoms with Crippen LogP contribution in [0.25, 0.3) is 6.08 Å². The highest BCUT2D eigenvalue weighted by Gasteiger charge is 2.28. The molecule has 5 heteroatoms. The minimum Gasteiger partial charge on any atom is -0.515 e. The first-order valence-electron chi connectivity index (χ1n) is 6.13. The van der Waals surface area contributed by atoms with Gasteiger partial charge in [0.15, 0.2) is 0 Å². The van der Waals surface area contributed by atoms with Gasteiger partial charge in [-0.1, -0.05) is 36.4 Å². The number of hydrogen-bond donors (Lipinski definition) is 1. The van der Waals surface area contributed by atoms with Crippen molar-refractivity contribution in [2.75, 3.05) is 13.2 Å². The van der Waals surface area contributed by atoms with E-state index in [0.29, 0.717) is 0 Å². The molecule has 0 unspecified atom stereocenters. The van der Waals surface area contributed by atoms with Crippen LogP contribution >= 0.6 is 7.60 Å². The Balaban J connectivity index is 2.94. The van der Waals surface area contributed by atoms with Crippen LogP contribution in [0.3, 0.4) is 0 Å². The molecule has 0 fully saturated rings. The predicted octanol–water partition coefficient (Wildman–Crippen LogP) is 4.37. The molecule has 0 aromatic heterocycles. The standard InChI is InChI=1S/C14H19O4P/c1-3-17-19(16,18-4-2)14(12-15)11-10-13-8-6-5-7-9-13/h5-12,15H,3-4H2,1-2H3/b11-10+,14-12+. The molecule has 0 amide bonds. The van der Waals surface area contributed by atoms with Gasteiger partial charge in [-0.3, -0.25) is 4.57 Å². The van der Waals surface area contributed by atoms with Crippen LogP contribution in [0.5, 0.6) is 0 Å². The molecule has 1 aromatic carbocycles. The van der Waals surface area contributed by atoms with Crippen molar-refractivity contribution in [1.82, 2.24) is 0 Å². The zero-order chi connectivity index (χ0) is 14.1. The van der Waals surface area contributed by atoms with Crippen LogP contribution in [-0.2, 0) is 13.6 Å². The van der Waals surface area contributed by atoms with Crippen molar-refractivity contribution in [1.29, 1.82) is 0 Å². The van der Waals surface area contributed by atoms with Crippen molar-refractivity contribution in [3.8, 4) is 0 Å². The van der Waals surface area contributed by atoms with Crippen LogP contribution in [0, 0.1) is 0 Å². The summed E-state index contributed by atoms with van der Waals surface area (Å²) in [5.74, 6) is 0. The van der Waals surface area contributed by atoms with Gasteiger partial charge in [0.1, 0.15) is 0 Å². The summed E-state index contributed by atoms with van der Waals surface area (Å²) >= 11 is 0. The van der Waals surface area contributed by atoms with Gasteiger partial charge in [0.25, 0.3) is 0 Å². The van der Waals surface area contributed by atoms with E-state index in [4.69, 9.17) is 9.05 Å². The van der Waals surface area contributed by atoms with Crippen molar-refractivity contribution < 1.29 is 18.7 Å². The van der Waals surface area contributed by atoms with Gasteiger partial charge in [0.2, 0.25) is 0 Å². The fourth-order valence-corrected chi connectivity index (χ4v) is 2.93. The van der Waals surface area contributed by atoms with E-state index in [1.54, 1.807) is 26.0 Å². The molecule has 0 bridgehead atoms. The second-order valence-electron chi connectivity index (χ2n) is 3.63. The van der Waals surface area contributed by atoms with Crippen LogP contribution in [0.1, 0.15) is 19.4 Å². The molecule has 0 heterocycles.